The molecule has 34 heavy (non-hydrogen) atoms. The monoisotopic (exact) mass is 478 g/mol. The molecule has 0 saturated heterocycles. The van der Waals surface area contributed by atoms with Gasteiger partial charge in [-0.25, -0.2) is 17.8 Å². The highest BCUT2D eigenvalue weighted by molar-refractivity contribution is 7.92. The maximum Gasteiger partial charge on any atom is 0.261 e. The number of amides is 1. The largest absolute Gasteiger partial charge is 0.485 e. The van der Waals surface area contributed by atoms with E-state index in [1.54, 1.807) is 24.5 Å². The fraction of sp³-hybridized carbons (Fsp3) is 0.0417. The Balaban J connectivity index is 1.45. The summed E-state index contributed by atoms with van der Waals surface area (Å²) in [6.45, 7) is 0.263. The molecule has 0 fully saturated rings. The number of rotatable bonds is 8. The van der Waals surface area contributed by atoms with Crippen LogP contribution in [0.25, 0.3) is 0 Å². The van der Waals surface area contributed by atoms with Crippen LogP contribution >= 0.6 is 0 Å². The first kappa shape index (κ1) is 22.9. The van der Waals surface area contributed by atoms with Crippen LogP contribution in [0.3, 0.4) is 0 Å². The molecule has 2 N–H and O–H groups in total. The number of halogens is 1. The van der Waals surface area contributed by atoms with E-state index in [0.717, 1.165) is 11.6 Å². The number of sulfonamides is 1. The van der Waals surface area contributed by atoms with E-state index >= 15 is 0 Å². The van der Waals surface area contributed by atoms with Gasteiger partial charge >= 0.3 is 0 Å². The van der Waals surface area contributed by atoms with Crippen LogP contribution in [0.5, 0.6) is 5.75 Å². The van der Waals surface area contributed by atoms with Gasteiger partial charge in [-0.2, -0.15) is 0 Å². The first-order valence-electron chi connectivity index (χ1n) is 10.1. The third-order valence-corrected chi connectivity index (χ3v) is 6.07. The molecule has 4 aromatic rings. The van der Waals surface area contributed by atoms with Crippen molar-refractivity contribution in [1.82, 2.24) is 9.97 Å². The van der Waals surface area contributed by atoms with Gasteiger partial charge in [-0.3, -0.25) is 14.5 Å². The SMILES string of the molecule is O=C(Nc1ncccc1OCc1ccncc1)c1ccc(S(=O)(=O)Nc2ccccc2F)cc1. The molecule has 4 rings (SSSR count). The molecule has 0 bridgehead atoms. The first-order valence-corrected chi connectivity index (χ1v) is 11.6. The second kappa shape index (κ2) is 10.1. The number of carbonyl (C=O) groups is 1. The fourth-order valence-corrected chi connectivity index (χ4v) is 4.02. The Morgan fingerprint density at radius 3 is 2.38 bits per heavy atom. The average molecular weight is 479 g/mol. The lowest BCUT2D eigenvalue weighted by Crippen LogP contribution is -2.16. The lowest BCUT2D eigenvalue weighted by molar-refractivity contribution is 0.102. The second-order valence-electron chi connectivity index (χ2n) is 7.06. The molecule has 0 unspecified atom stereocenters. The van der Waals surface area contributed by atoms with E-state index in [2.05, 4.69) is 20.0 Å². The molecular weight excluding hydrogens is 459 g/mol. The minimum atomic E-state index is -4.04. The van der Waals surface area contributed by atoms with Crippen molar-refractivity contribution >= 4 is 27.4 Å². The molecule has 0 saturated carbocycles. The third-order valence-electron chi connectivity index (χ3n) is 4.69. The fourth-order valence-electron chi connectivity index (χ4n) is 2.95. The number of benzene rings is 2. The molecule has 0 spiro atoms. The van der Waals surface area contributed by atoms with Crippen molar-refractivity contribution in [2.24, 2.45) is 0 Å². The molecule has 0 aliphatic carbocycles. The number of hydrogen-bond donors (Lipinski definition) is 2. The van der Waals surface area contributed by atoms with Crippen molar-refractivity contribution in [1.29, 1.82) is 0 Å². The smallest absolute Gasteiger partial charge is 0.261 e. The summed E-state index contributed by atoms with van der Waals surface area (Å²) in [5, 5.41) is 2.67. The van der Waals surface area contributed by atoms with E-state index in [0.29, 0.717) is 5.75 Å². The van der Waals surface area contributed by atoms with Crippen molar-refractivity contribution in [3.05, 3.63) is 108 Å². The van der Waals surface area contributed by atoms with Gasteiger partial charge in [-0.1, -0.05) is 12.1 Å². The number of hydrogen-bond acceptors (Lipinski definition) is 6. The van der Waals surface area contributed by atoms with E-state index in [4.69, 9.17) is 4.74 Å². The standard InChI is InChI=1S/C24H19FN4O4S/c25-20-4-1-2-5-21(20)29-34(31,32)19-9-7-18(8-10-19)24(30)28-23-22(6-3-13-27-23)33-16-17-11-14-26-15-12-17/h1-15,29H,16H2,(H,27,28,30). The summed E-state index contributed by atoms with van der Waals surface area (Å²) in [5.74, 6) is -0.599. The van der Waals surface area contributed by atoms with Gasteiger partial charge in [0.15, 0.2) is 11.6 Å². The number of anilines is 2. The van der Waals surface area contributed by atoms with Crippen LogP contribution in [0.15, 0.2) is 96.3 Å². The van der Waals surface area contributed by atoms with Crippen LogP contribution in [0.1, 0.15) is 15.9 Å². The predicted octanol–water partition coefficient (Wildman–Crippen LogP) is 4.25. The Morgan fingerprint density at radius 1 is 0.912 bits per heavy atom. The van der Waals surface area contributed by atoms with Crippen molar-refractivity contribution in [3.63, 3.8) is 0 Å². The highest BCUT2D eigenvalue weighted by Crippen LogP contribution is 2.23. The summed E-state index contributed by atoms with van der Waals surface area (Å²) in [7, 11) is -4.04. The highest BCUT2D eigenvalue weighted by Gasteiger charge is 2.18. The van der Waals surface area contributed by atoms with Gasteiger partial charge in [-0.05, 0) is 66.2 Å². The Morgan fingerprint density at radius 2 is 1.65 bits per heavy atom. The van der Waals surface area contributed by atoms with Gasteiger partial charge in [0, 0.05) is 24.2 Å². The van der Waals surface area contributed by atoms with Gasteiger partial charge in [0.05, 0.1) is 10.6 Å². The molecule has 10 heteroatoms. The molecular formula is C24H19FN4O4S. The Hall–Kier alpha value is -4.31. The Labute approximate surface area is 195 Å². The maximum absolute atomic E-state index is 13.8. The minimum Gasteiger partial charge on any atom is -0.485 e. The van der Waals surface area contributed by atoms with Crippen LogP contribution < -0.4 is 14.8 Å². The number of carbonyl (C=O) groups excluding carboxylic acids is 1. The summed E-state index contributed by atoms with van der Waals surface area (Å²) in [4.78, 5) is 20.7. The summed E-state index contributed by atoms with van der Waals surface area (Å²) in [6.07, 6.45) is 4.82. The summed E-state index contributed by atoms with van der Waals surface area (Å²) in [6, 6.07) is 17.6. The molecule has 1 amide bonds. The number of nitrogens with zero attached hydrogens (tertiary/aromatic N) is 2. The summed E-state index contributed by atoms with van der Waals surface area (Å²) in [5.41, 5.74) is 0.936. The normalized spacial score (nSPS) is 11.0. The molecule has 2 aromatic carbocycles. The van der Waals surface area contributed by atoms with E-state index in [1.807, 2.05) is 12.1 Å². The van der Waals surface area contributed by atoms with Crippen molar-refractivity contribution in [3.8, 4) is 5.75 Å². The van der Waals surface area contributed by atoms with E-state index in [-0.39, 0.29) is 28.6 Å². The van der Waals surface area contributed by atoms with Crippen LogP contribution in [0, 0.1) is 5.82 Å². The average Bonchev–Trinajstić information content (AvgIpc) is 2.85. The van der Waals surface area contributed by atoms with Gasteiger partial charge < -0.3 is 10.1 Å². The molecule has 0 radical (unpaired) electrons. The van der Waals surface area contributed by atoms with Crippen molar-refractivity contribution in [2.75, 3.05) is 10.0 Å². The number of pyridine rings is 2. The van der Waals surface area contributed by atoms with E-state index < -0.39 is 21.7 Å². The highest BCUT2D eigenvalue weighted by atomic mass is 32.2. The quantitative estimate of drug-likeness (QED) is 0.392. The zero-order valence-corrected chi connectivity index (χ0v) is 18.5. The van der Waals surface area contributed by atoms with Gasteiger partial charge in [0.1, 0.15) is 12.4 Å². The molecule has 0 aliphatic heterocycles. The Bertz CT molecular complexity index is 1400. The zero-order chi connectivity index (χ0) is 24.0. The topological polar surface area (TPSA) is 110 Å². The van der Waals surface area contributed by atoms with Crippen LogP contribution in [0.2, 0.25) is 0 Å². The molecule has 0 aliphatic rings. The molecule has 8 nitrogen and oxygen atoms in total. The molecule has 0 atom stereocenters. The summed E-state index contributed by atoms with van der Waals surface area (Å²) < 4.78 is 46.9. The third kappa shape index (κ3) is 5.54. The van der Waals surface area contributed by atoms with Gasteiger partial charge in [0.2, 0.25) is 0 Å². The zero-order valence-electron chi connectivity index (χ0n) is 17.7. The van der Waals surface area contributed by atoms with Gasteiger partial charge in [0.25, 0.3) is 15.9 Å². The van der Waals surface area contributed by atoms with Crippen LogP contribution in [-0.2, 0) is 16.6 Å². The summed E-state index contributed by atoms with van der Waals surface area (Å²) >= 11 is 0. The van der Waals surface area contributed by atoms with Crippen LogP contribution in [0.4, 0.5) is 15.9 Å². The van der Waals surface area contributed by atoms with Crippen molar-refractivity contribution < 1.29 is 22.3 Å². The number of aromatic nitrogens is 2. The molecule has 2 heterocycles. The van der Waals surface area contributed by atoms with Crippen molar-refractivity contribution in [2.45, 2.75) is 11.5 Å². The maximum atomic E-state index is 13.8. The number of ether oxygens (including phenoxy) is 1. The van der Waals surface area contributed by atoms with Gasteiger partial charge in [-0.15, -0.1) is 0 Å². The number of para-hydroxylation sites is 1. The van der Waals surface area contributed by atoms with E-state index in [9.17, 15) is 17.6 Å². The molecule has 172 valence electrons. The number of nitrogens with one attached hydrogen (secondary N) is 2. The predicted molar refractivity (Wildman–Crippen MR) is 124 cm³/mol. The first-order chi connectivity index (χ1) is 16.4. The second-order valence-corrected chi connectivity index (χ2v) is 8.74. The molecule has 2 aromatic heterocycles. The minimum absolute atomic E-state index is 0.119. The van der Waals surface area contributed by atoms with Crippen LogP contribution in [-0.4, -0.2) is 24.3 Å². The Kier molecular flexibility index (Phi) is 6.79. The lowest BCUT2D eigenvalue weighted by Gasteiger charge is -2.12. The lowest BCUT2D eigenvalue weighted by atomic mass is 10.2. The van der Waals surface area contributed by atoms with E-state index in [1.165, 1.54) is 48.7 Å².